The Kier molecular flexibility index (Phi) is 5.14. The minimum atomic E-state index is 0.730. The van der Waals surface area contributed by atoms with Crippen molar-refractivity contribution in [3.8, 4) is 11.1 Å². The molecule has 2 N–H and O–H groups in total. The molecule has 0 radical (unpaired) electrons. The molecule has 156 valence electrons. The lowest BCUT2D eigenvalue weighted by molar-refractivity contribution is 0.589. The number of nitrogens with one attached hydrogen (secondary N) is 2. The van der Waals surface area contributed by atoms with E-state index in [0.717, 1.165) is 76.5 Å². The molecular formula is C25H24ClN5. The van der Waals surface area contributed by atoms with E-state index in [0.29, 0.717) is 0 Å². The highest BCUT2D eigenvalue weighted by Crippen LogP contribution is 2.43. The fraction of sp³-hybridized carbons (Fsp3) is 0.160. The maximum atomic E-state index is 6.41. The molecule has 0 aliphatic carbocycles. The lowest BCUT2D eigenvalue weighted by Crippen LogP contribution is -2.44. The van der Waals surface area contributed by atoms with E-state index in [4.69, 9.17) is 11.6 Å². The first kappa shape index (κ1) is 19.7. The zero-order valence-corrected chi connectivity index (χ0v) is 18.0. The Labute approximate surface area is 187 Å². The molecule has 2 aliphatic heterocycles. The third-order valence-corrected chi connectivity index (χ3v) is 6.14. The van der Waals surface area contributed by atoms with E-state index in [1.165, 1.54) is 0 Å². The molecule has 6 heteroatoms. The molecule has 2 aromatic carbocycles. The first-order chi connectivity index (χ1) is 15.1. The van der Waals surface area contributed by atoms with Crippen molar-refractivity contribution in [2.75, 3.05) is 41.3 Å². The maximum absolute atomic E-state index is 6.41. The van der Waals surface area contributed by atoms with Gasteiger partial charge in [-0.25, -0.2) is 0 Å². The molecule has 0 bridgehead atoms. The van der Waals surface area contributed by atoms with Gasteiger partial charge in [0.05, 0.1) is 17.6 Å². The number of hydrogen-bond acceptors (Lipinski definition) is 5. The van der Waals surface area contributed by atoms with Crippen LogP contribution < -0.4 is 20.4 Å². The molecule has 0 amide bonds. The van der Waals surface area contributed by atoms with Crippen molar-refractivity contribution in [1.82, 2.24) is 10.3 Å². The third kappa shape index (κ3) is 3.56. The first-order valence-electron chi connectivity index (χ1n) is 10.4. The van der Waals surface area contributed by atoms with E-state index >= 15 is 0 Å². The Morgan fingerprint density at radius 3 is 2.55 bits per heavy atom. The van der Waals surface area contributed by atoms with Crippen molar-refractivity contribution in [2.24, 2.45) is 0 Å². The topological polar surface area (TPSA) is 43.4 Å². The summed E-state index contributed by atoms with van der Waals surface area (Å²) in [4.78, 5) is 8.83. The number of fused-ring (bicyclic) bond motifs is 1. The SMILES string of the molecule is C=C1Nc2cc(-c3ccccc3Cl)ccc2C(=C)N1c1cnccc1N1CCNCC1. The zero-order valence-electron chi connectivity index (χ0n) is 17.2. The molecule has 0 unspecified atom stereocenters. The smallest absolute Gasteiger partial charge is 0.108 e. The number of pyridine rings is 1. The van der Waals surface area contributed by atoms with Gasteiger partial charge in [-0.15, -0.1) is 0 Å². The van der Waals surface area contributed by atoms with Crippen LogP contribution in [0.4, 0.5) is 17.1 Å². The van der Waals surface area contributed by atoms with Crippen LogP contribution in [-0.2, 0) is 0 Å². The number of hydrogen-bond donors (Lipinski definition) is 2. The van der Waals surface area contributed by atoms with Gasteiger partial charge in [-0.05, 0) is 23.8 Å². The summed E-state index contributed by atoms with van der Waals surface area (Å²) in [6.45, 7) is 12.5. The van der Waals surface area contributed by atoms with Gasteiger partial charge in [-0.1, -0.05) is 55.1 Å². The summed E-state index contributed by atoms with van der Waals surface area (Å²) in [6.07, 6.45) is 3.73. The van der Waals surface area contributed by atoms with E-state index in [2.05, 4.69) is 62.8 Å². The van der Waals surface area contributed by atoms with Crippen LogP contribution >= 0.6 is 11.6 Å². The van der Waals surface area contributed by atoms with Crippen molar-refractivity contribution in [3.05, 3.63) is 90.5 Å². The van der Waals surface area contributed by atoms with Crippen LogP contribution in [0.3, 0.4) is 0 Å². The summed E-state index contributed by atoms with van der Waals surface area (Å²) in [5.74, 6) is 0.748. The Morgan fingerprint density at radius 2 is 1.74 bits per heavy atom. The molecule has 1 aromatic heterocycles. The maximum Gasteiger partial charge on any atom is 0.108 e. The fourth-order valence-electron chi connectivity index (χ4n) is 4.27. The van der Waals surface area contributed by atoms with Gasteiger partial charge in [0.15, 0.2) is 0 Å². The summed E-state index contributed by atoms with van der Waals surface area (Å²) < 4.78 is 0. The highest BCUT2D eigenvalue weighted by molar-refractivity contribution is 6.33. The number of halogens is 1. The summed E-state index contributed by atoms with van der Waals surface area (Å²) >= 11 is 6.41. The third-order valence-electron chi connectivity index (χ3n) is 5.81. The second-order valence-corrected chi connectivity index (χ2v) is 8.10. The molecule has 0 saturated carbocycles. The van der Waals surface area contributed by atoms with Crippen molar-refractivity contribution >= 4 is 34.4 Å². The number of anilines is 3. The lowest BCUT2D eigenvalue weighted by Gasteiger charge is -2.38. The van der Waals surface area contributed by atoms with Gasteiger partial charge in [0.2, 0.25) is 0 Å². The molecule has 0 spiro atoms. The van der Waals surface area contributed by atoms with Crippen LogP contribution in [0.2, 0.25) is 5.02 Å². The number of nitrogens with zero attached hydrogens (tertiary/aromatic N) is 3. The Hall–Kier alpha value is -3.28. The largest absolute Gasteiger partial charge is 0.367 e. The second kappa shape index (κ2) is 8.10. The second-order valence-electron chi connectivity index (χ2n) is 7.70. The average molecular weight is 430 g/mol. The van der Waals surface area contributed by atoms with Gasteiger partial charge in [0.1, 0.15) is 5.82 Å². The number of benzene rings is 2. The minimum absolute atomic E-state index is 0.730. The molecular weight excluding hydrogens is 406 g/mol. The van der Waals surface area contributed by atoms with Gasteiger partial charge >= 0.3 is 0 Å². The minimum Gasteiger partial charge on any atom is -0.367 e. The summed E-state index contributed by atoms with van der Waals surface area (Å²) in [5.41, 5.74) is 7.03. The van der Waals surface area contributed by atoms with E-state index < -0.39 is 0 Å². The van der Waals surface area contributed by atoms with Crippen molar-refractivity contribution in [2.45, 2.75) is 0 Å². The summed E-state index contributed by atoms with van der Waals surface area (Å²) in [6, 6.07) is 16.2. The Balaban J connectivity index is 1.52. The zero-order chi connectivity index (χ0) is 21.4. The molecule has 3 heterocycles. The van der Waals surface area contributed by atoms with Crippen molar-refractivity contribution in [3.63, 3.8) is 0 Å². The molecule has 1 saturated heterocycles. The van der Waals surface area contributed by atoms with Crippen LogP contribution in [0.15, 0.2) is 79.9 Å². The highest BCUT2D eigenvalue weighted by Gasteiger charge is 2.27. The molecule has 31 heavy (non-hydrogen) atoms. The fourth-order valence-corrected chi connectivity index (χ4v) is 4.52. The lowest BCUT2D eigenvalue weighted by atomic mass is 9.99. The number of piperazine rings is 1. The average Bonchev–Trinajstić information content (AvgIpc) is 2.80. The van der Waals surface area contributed by atoms with Gasteiger partial charge < -0.3 is 15.5 Å². The van der Waals surface area contributed by atoms with Crippen LogP contribution in [0.1, 0.15) is 5.56 Å². The van der Waals surface area contributed by atoms with E-state index in [1.807, 2.05) is 36.7 Å². The summed E-state index contributed by atoms with van der Waals surface area (Å²) in [5, 5.41) is 7.61. The number of aromatic nitrogens is 1. The number of rotatable bonds is 3. The van der Waals surface area contributed by atoms with E-state index in [9.17, 15) is 0 Å². The van der Waals surface area contributed by atoms with Crippen LogP contribution in [-0.4, -0.2) is 31.2 Å². The first-order valence-corrected chi connectivity index (χ1v) is 10.8. The van der Waals surface area contributed by atoms with E-state index in [-0.39, 0.29) is 0 Å². The molecule has 2 aliphatic rings. The standard InChI is InChI=1S/C25H24ClN5/c1-17-20-8-7-19(21-5-3-4-6-22(21)26)15-23(20)29-18(2)31(17)25-16-28-10-9-24(25)30-13-11-27-12-14-30/h3-10,15-16,27,29H,1-2,11-14H2. The molecule has 3 aromatic rings. The van der Waals surface area contributed by atoms with Gasteiger partial charge in [-0.2, -0.15) is 0 Å². The monoisotopic (exact) mass is 429 g/mol. The molecule has 1 fully saturated rings. The van der Waals surface area contributed by atoms with Crippen LogP contribution in [0, 0.1) is 0 Å². The van der Waals surface area contributed by atoms with Gasteiger partial charge in [0, 0.05) is 59.9 Å². The predicted molar refractivity (Wildman–Crippen MR) is 130 cm³/mol. The Morgan fingerprint density at radius 1 is 0.935 bits per heavy atom. The quantitative estimate of drug-likeness (QED) is 0.600. The molecule has 5 rings (SSSR count). The normalized spacial score (nSPS) is 16.2. The van der Waals surface area contributed by atoms with Crippen molar-refractivity contribution in [1.29, 1.82) is 0 Å². The highest BCUT2D eigenvalue weighted by atomic mass is 35.5. The molecule has 0 atom stereocenters. The van der Waals surface area contributed by atoms with Crippen molar-refractivity contribution < 1.29 is 0 Å². The Bertz CT molecular complexity index is 1170. The van der Waals surface area contributed by atoms with E-state index in [1.54, 1.807) is 0 Å². The molecule has 5 nitrogen and oxygen atoms in total. The van der Waals surface area contributed by atoms with Gasteiger partial charge in [0.25, 0.3) is 0 Å². The predicted octanol–water partition coefficient (Wildman–Crippen LogP) is 5.19. The van der Waals surface area contributed by atoms with Crippen LogP contribution in [0.25, 0.3) is 16.8 Å². The van der Waals surface area contributed by atoms with Gasteiger partial charge in [-0.3, -0.25) is 9.88 Å². The summed E-state index contributed by atoms with van der Waals surface area (Å²) in [7, 11) is 0. The van der Waals surface area contributed by atoms with Crippen LogP contribution in [0.5, 0.6) is 0 Å².